The van der Waals surface area contributed by atoms with Gasteiger partial charge in [0, 0.05) is 5.56 Å². The van der Waals surface area contributed by atoms with Crippen LogP contribution in [0.1, 0.15) is 17.0 Å². The number of benzene rings is 2. The predicted molar refractivity (Wildman–Crippen MR) is 112 cm³/mol. The normalized spacial score (nSPS) is 15.9. The summed E-state index contributed by atoms with van der Waals surface area (Å²) in [6, 6.07) is 12.0. The van der Waals surface area contributed by atoms with Crippen molar-refractivity contribution in [3.63, 3.8) is 0 Å². The van der Waals surface area contributed by atoms with Crippen LogP contribution < -0.4 is 10.6 Å². The van der Waals surface area contributed by atoms with Crippen molar-refractivity contribution in [2.45, 2.75) is 12.5 Å². The maximum atomic E-state index is 15.0. The summed E-state index contributed by atoms with van der Waals surface area (Å²) in [7, 11) is 2.08. The summed E-state index contributed by atoms with van der Waals surface area (Å²) in [5.74, 6) is -6.50. The molecular formula is C23H19F2N3O5. The monoisotopic (exact) mass is 455 g/mol. The quantitative estimate of drug-likeness (QED) is 0.658. The number of esters is 2. The Bertz CT molecular complexity index is 1220. The van der Waals surface area contributed by atoms with E-state index in [9.17, 15) is 24.3 Å². The number of nitriles is 1. The van der Waals surface area contributed by atoms with Crippen LogP contribution in [0.5, 0.6) is 0 Å². The number of ether oxygens (including phenoxy) is 2. The topological polar surface area (TPSA) is 126 Å². The van der Waals surface area contributed by atoms with Gasteiger partial charge in [-0.2, -0.15) is 5.26 Å². The van der Waals surface area contributed by atoms with Gasteiger partial charge < -0.3 is 20.3 Å². The minimum absolute atomic E-state index is 0.155. The number of carbonyl (C=O) groups excluding carboxylic acids is 2. The van der Waals surface area contributed by atoms with Crippen LogP contribution in [0.3, 0.4) is 0 Å². The number of halogens is 2. The molecule has 3 N–H and O–H groups in total. The van der Waals surface area contributed by atoms with E-state index in [-0.39, 0.29) is 16.7 Å². The first-order valence-corrected chi connectivity index (χ1v) is 9.55. The average Bonchev–Trinajstić information content (AvgIpc) is 2.84. The molecule has 0 aromatic heterocycles. The van der Waals surface area contributed by atoms with E-state index in [0.29, 0.717) is 10.5 Å². The molecule has 1 unspecified atom stereocenters. The molecule has 1 aliphatic heterocycles. The molecule has 3 rings (SSSR count). The van der Waals surface area contributed by atoms with E-state index in [1.807, 2.05) is 6.07 Å². The first-order valence-electron chi connectivity index (χ1n) is 9.55. The molecule has 8 nitrogen and oxygen atoms in total. The predicted octanol–water partition coefficient (Wildman–Crippen LogP) is 2.35. The standard InChI is InChI=1S/C23H19F2N3O5/c1-32-22(30)17-16(12-6-4-3-5-7-12)14(10-26)21(27)28(20(17)23(31)33-2)19-13(11-29)8-9-15(24)18(19)25/h3-9,16,29H,11,27H2,1-2H3. The number of carbonyl (C=O) groups is 2. The molecule has 0 bridgehead atoms. The average molecular weight is 455 g/mol. The van der Waals surface area contributed by atoms with Gasteiger partial charge in [-0.05, 0) is 11.6 Å². The second kappa shape index (κ2) is 9.50. The van der Waals surface area contributed by atoms with Crippen molar-refractivity contribution >= 4 is 17.6 Å². The molecule has 10 heteroatoms. The third-order valence-corrected chi connectivity index (χ3v) is 5.16. The molecule has 170 valence electrons. The van der Waals surface area contributed by atoms with Crippen molar-refractivity contribution in [1.29, 1.82) is 5.26 Å². The molecule has 0 saturated carbocycles. The highest BCUT2D eigenvalue weighted by Gasteiger charge is 2.44. The van der Waals surface area contributed by atoms with Crippen molar-refractivity contribution in [3.8, 4) is 6.07 Å². The van der Waals surface area contributed by atoms with Crippen LogP contribution in [0.25, 0.3) is 0 Å². The van der Waals surface area contributed by atoms with Gasteiger partial charge in [0.2, 0.25) is 0 Å². The largest absolute Gasteiger partial charge is 0.466 e. The van der Waals surface area contributed by atoms with E-state index >= 15 is 4.39 Å². The van der Waals surface area contributed by atoms with Crippen LogP contribution in [0, 0.1) is 23.0 Å². The van der Waals surface area contributed by atoms with E-state index in [4.69, 9.17) is 15.2 Å². The number of allylic oxidation sites excluding steroid dienone is 1. The fraction of sp³-hybridized carbons (Fsp3) is 0.174. The number of anilines is 1. The number of nitrogens with two attached hydrogens (primary N) is 1. The Morgan fingerprint density at radius 2 is 1.76 bits per heavy atom. The van der Waals surface area contributed by atoms with Gasteiger partial charge >= 0.3 is 11.9 Å². The number of nitrogens with zero attached hydrogens (tertiary/aromatic N) is 2. The molecule has 0 spiro atoms. The van der Waals surface area contributed by atoms with Crippen molar-refractivity contribution in [3.05, 3.63) is 87.9 Å². The molecule has 2 aromatic rings. The lowest BCUT2D eigenvalue weighted by Crippen LogP contribution is -2.41. The van der Waals surface area contributed by atoms with Crippen molar-refractivity contribution in [2.24, 2.45) is 5.73 Å². The summed E-state index contributed by atoms with van der Waals surface area (Å²) in [6.07, 6.45) is 0. The minimum atomic E-state index is -1.45. The van der Waals surface area contributed by atoms with Crippen molar-refractivity contribution in [2.75, 3.05) is 19.1 Å². The number of hydrogen-bond acceptors (Lipinski definition) is 8. The molecule has 0 radical (unpaired) electrons. The Hall–Kier alpha value is -4.23. The van der Waals surface area contributed by atoms with Gasteiger partial charge in [0.25, 0.3) is 0 Å². The van der Waals surface area contributed by atoms with E-state index in [1.54, 1.807) is 30.3 Å². The van der Waals surface area contributed by atoms with Gasteiger partial charge in [-0.15, -0.1) is 0 Å². The molecule has 1 heterocycles. The fourth-order valence-electron chi connectivity index (χ4n) is 3.69. The number of rotatable bonds is 5. The Labute approximate surface area is 187 Å². The van der Waals surface area contributed by atoms with Crippen LogP contribution in [-0.4, -0.2) is 31.3 Å². The lowest BCUT2D eigenvalue weighted by molar-refractivity contribution is -0.139. The van der Waals surface area contributed by atoms with Crippen LogP contribution in [0.4, 0.5) is 14.5 Å². The zero-order valence-electron chi connectivity index (χ0n) is 17.6. The SMILES string of the molecule is COC(=O)C1=C(C(=O)OC)N(c2c(CO)ccc(F)c2F)C(N)=C(C#N)C1c1ccccc1. The Kier molecular flexibility index (Phi) is 6.75. The molecule has 2 aromatic carbocycles. The van der Waals surface area contributed by atoms with Crippen LogP contribution in [-0.2, 0) is 25.7 Å². The maximum absolute atomic E-state index is 15.0. The third-order valence-electron chi connectivity index (χ3n) is 5.16. The van der Waals surface area contributed by atoms with Crippen molar-refractivity contribution < 1.29 is 33.0 Å². The van der Waals surface area contributed by atoms with Crippen LogP contribution in [0.2, 0.25) is 0 Å². The molecule has 1 aliphatic rings. The molecule has 0 amide bonds. The highest BCUT2D eigenvalue weighted by Crippen LogP contribution is 2.44. The molecule has 33 heavy (non-hydrogen) atoms. The Morgan fingerprint density at radius 1 is 1.12 bits per heavy atom. The van der Waals surface area contributed by atoms with Gasteiger partial charge in [0.05, 0.1) is 49.6 Å². The number of aliphatic hydroxyl groups excluding tert-OH is 1. The van der Waals surface area contributed by atoms with Gasteiger partial charge in [0.1, 0.15) is 11.5 Å². The zero-order chi connectivity index (χ0) is 24.3. The molecular weight excluding hydrogens is 436 g/mol. The lowest BCUT2D eigenvalue weighted by atomic mass is 9.80. The highest BCUT2D eigenvalue weighted by molar-refractivity contribution is 6.06. The van der Waals surface area contributed by atoms with Gasteiger partial charge in [-0.1, -0.05) is 36.4 Å². The Morgan fingerprint density at radius 3 is 2.30 bits per heavy atom. The van der Waals surface area contributed by atoms with Gasteiger partial charge in [-0.25, -0.2) is 18.4 Å². The summed E-state index contributed by atoms with van der Waals surface area (Å²) in [4.78, 5) is 26.6. The summed E-state index contributed by atoms with van der Waals surface area (Å²) in [5, 5.41) is 19.7. The first-order chi connectivity index (χ1) is 15.8. The Balaban J connectivity index is 2.51. The van der Waals surface area contributed by atoms with E-state index < -0.39 is 53.3 Å². The fourth-order valence-corrected chi connectivity index (χ4v) is 3.69. The second-order valence-electron chi connectivity index (χ2n) is 6.86. The number of methoxy groups -OCH3 is 2. The summed E-state index contributed by atoms with van der Waals surface area (Å²) in [6.45, 7) is -0.762. The number of aliphatic hydroxyl groups is 1. The van der Waals surface area contributed by atoms with E-state index in [1.165, 1.54) is 0 Å². The number of hydrogen-bond donors (Lipinski definition) is 2. The van der Waals surface area contributed by atoms with Crippen LogP contribution >= 0.6 is 0 Å². The third kappa shape index (κ3) is 3.90. The molecule has 0 aliphatic carbocycles. The van der Waals surface area contributed by atoms with Crippen LogP contribution in [0.15, 0.2) is 65.1 Å². The second-order valence-corrected chi connectivity index (χ2v) is 6.86. The zero-order valence-corrected chi connectivity index (χ0v) is 17.6. The first kappa shape index (κ1) is 23.4. The molecule has 1 atom stereocenters. The minimum Gasteiger partial charge on any atom is -0.466 e. The van der Waals surface area contributed by atoms with Gasteiger partial charge in [0.15, 0.2) is 11.6 Å². The maximum Gasteiger partial charge on any atom is 0.355 e. The highest BCUT2D eigenvalue weighted by atomic mass is 19.2. The van der Waals surface area contributed by atoms with Crippen molar-refractivity contribution in [1.82, 2.24) is 0 Å². The molecule has 0 saturated heterocycles. The lowest BCUT2D eigenvalue weighted by Gasteiger charge is -2.36. The summed E-state index contributed by atoms with van der Waals surface area (Å²) in [5.41, 5.74) is 4.70. The van der Waals surface area contributed by atoms with E-state index in [0.717, 1.165) is 26.4 Å². The summed E-state index contributed by atoms with van der Waals surface area (Å²) >= 11 is 0. The van der Waals surface area contributed by atoms with E-state index in [2.05, 4.69) is 0 Å². The van der Waals surface area contributed by atoms with Gasteiger partial charge in [-0.3, -0.25) is 4.90 Å². The smallest absolute Gasteiger partial charge is 0.355 e. The molecule has 0 fully saturated rings. The summed E-state index contributed by atoms with van der Waals surface area (Å²) < 4.78 is 38.9.